The van der Waals surface area contributed by atoms with Gasteiger partial charge < -0.3 is 20.0 Å². The lowest BCUT2D eigenvalue weighted by Crippen LogP contribution is -2.57. The summed E-state index contributed by atoms with van der Waals surface area (Å²) in [6, 6.07) is 14.8. The second-order valence-electron chi connectivity index (χ2n) is 9.43. The van der Waals surface area contributed by atoms with Crippen LogP contribution in [0.2, 0.25) is 0 Å². The van der Waals surface area contributed by atoms with E-state index in [0.29, 0.717) is 37.1 Å². The minimum Gasteiger partial charge on any atom is -0.451 e. The molecule has 35 heavy (non-hydrogen) atoms. The smallest absolute Gasteiger partial charge is 0.287 e. The number of Topliss-reactive ketones (excluding diaryl/α,β-unsaturated/α-hetero) is 1. The number of furan rings is 1. The van der Waals surface area contributed by atoms with E-state index in [9.17, 15) is 14.4 Å². The molecule has 1 aliphatic carbocycles. The minimum atomic E-state index is -1.00. The van der Waals surface area contributed by atoms with Crippen LogP contribution < -0.4 is 15.5 Å². The van der Waals surface area contributed by atoms with Crippen molar-refractivity contribution < 1.29 is 18.8 Å². The van der Waals surface area contributed by atoms with Gasteiger partial charge in [-0.15, -0.1) is 0 Å². The number of nitrogens with zero attached hydrogens (tertiary/aromatic N) is 1. The van der Waals surface area contributed by atoms with E-state index in [1.165, 1.54) is 0 Å². The number of halogens is 1. The molecule has 2 aliphatic rings. The van der Waals surface area contributed by atoms with E-state index in [2.05, 4.69) is 31.5 Å². The number of nitrogens with one attached hydrogen (secondary N) is 2. The maximum absolute atomic E-state index is 13.5. The first-order chi connectivity index (χ1) is 16.9. The number of carbonyl (C=O) groups is 3. The summed E-state index contributed by atoms with van der Waals surface area (Å²) in [5.41, 5.74) is 1.21. The summed E-state index contributed by atoms with van der Waals surface area (Å²) < 4.78 is 6.54. The molecule has 0 spiro atoms. The highest BCUT2D eigenvalue weighted by Gasteiger charge is 2.41. The Hall–Kier alpha value is -3.13. The number of anilines is 2. The second kappa shape index (κ2) is 9.85. The molecule has 182 valence electrons. The van der Waals surface area contributed by atoms with Crippen molar-refractivity contribution in [2.45, 2.75) is 50.5 Å². The molecule has 0 unspecified atom stereocenters. The van der Waals surface area contributed by atoms with Crippen LogP contribution in [0, 0.1) is 0 Å². The van der Waals surface area contributed by atoms with E-state index < -0.39 is 5.54 Å². The van der Waals surface area contributed by atoms with Gasteiger partial charge in [-0.1, -0.05) is 37.5 Å². The Labute approximate surface area is 212 Å². The lowest BCUT2D eigenvalue weighted by molar-refractivity contribution is -0.123. The van der Waals surface area contributed by atoms with Crippen molar-refractivity contribution in [3.63, 3.8) is 0 Å². The first kappa shape index (κ1) is 23.6. The fourth-order valence-electron chi connectivity index (χ4n) is 5.07. The number of hydrogen-bond donors (Lipinski definition) is 2. The second-order valence-corrected chi connectivity index (χ2v) is 10.3. The third kappa shape index (κ3) is 4.98. The van der Waals surface area contributed by atoms with E-state index in [0.717, 1.165) is 47.8 Å². The lowest BCUT2D eigenvalue weighted by Gasteiger charge is -2.36. The fourth-order valence-corrected chi connectivity index (χ4v) is 5.70. The van der Waals surface area contributed by atoms with Gasteiger partial charge in [0.2, 0.25) is 5.91 Å². The van der Waals surface area contributed by atoms with Crippen molar-refractivity contribution in [1.29, 1.82) is 0 Å². The molecule has 7 nitrogen and oxygen atoms in total. The van der Waals surface area contributed by atoms with Gasteiger partial charge in [0, 0.05) is 28.5 Å². The van der Waals surface area contributed by atoms with Crippen LogP contribution in [0.15, 0.2) is 57.4 Å². The molecule has 1 saturated carbocycles. The number of rotatable bonds is 5. The molecule has 0 radical (unpaired) electrons. The molecule has 1 saturated heterocycles. The Morgan fingerprint density at radius 1 is 1.00 bits per heavy atom. The molecule has 0 atom stereocenters. The molecule has 2 amide bonds. The van der Waals surface area contributed by atoms with Crippen LogP contribution in [0.25, 0.3) is 11.0 Å². The normalized spacial score (nSPS) is 17.9. The van der Waals surface area contributed by atoms with Crippen LogP contribution in [0.4, 0.5) is 11.4 Å². The molecule has 1 aromatic heterocycles. The summed E-state index contributed by atoms with van der Waals surface area (Å²) in [5.74, 6) is -0.175. The van der Waals surface area contributed by atoms with Crippen LogP contribution in [0.5, 0.6) is 0 Å². The highest BCUT2D eigenvalue weighted by molar-refractivity contribution is 9.10. The van der Waals surface area contributed by atoms with E-state index in [-0.39, 0.29) is 23.4 Å². The van der Waals surface area contributed by atoms with Crippen LogP contribution in [-0.2, 0) is 9.59 Å². The molecular weight excluding hydrogens is 510 g/mol. The van der Waals surface area contributed by atoms with Crippen molar-refractivity contribution in [2.24, 2.45) is 0 Å². The first-order valence-corrected chi connectivity index (χ1v) is 12.9. The summed E-state index contributed by atoms with van der Waals surface area (Å²) in [4.78, 5) is 40.6. The van der Waals surface area contributed by atoms with Gasteiger partial charge in [-0.05, 0) is 65.5 Å². The molecule has 0 bridgehead atoms. The Kier molecular flexibility index (Phi) is 6.65. The van der Waals surface area contributed by atoms with E-state index >= 15 is 0 Å². The van der Waals surface area contributed by atoms with Crippen molar-refractivity contribution in [3.8, 4) is 0 Å². The zero-order valence-electron chi connectivity index (χ0n) is 19.4. The summed E-state index contributed by atoms with van der Waals surface area (Å²) in [7, 11) is 0. The van der Waals surface area contributed by atoms with Crippen LogP contribution in [-0.4, -0.2) is 36.2 Å². The largest absolute Gasteiger partial charge is 0.451 e. The van der Waals surface area contributed by atoms with Crippen LogP contribution in [0.3, 0.4) is 0 Å². The third-order valence-corrected chi connectivity index (χ3v) is 7.58. The number of carbonyl (C=O) groups excluding carboxylic acids is 3. The summed E-state index contributed by atoms with van der Waals surface area (Å²) in [5, 5.41) is 6.87. The maximum Gasteiger partial charge on any atom is 0.287 e. The first-order valence-electron chi connectivity index (χ1n) is 12.1. The standard InChI is InChI=1S/C27H28BrN3O4/c28-21-16-19(10-11-22(21)31-14-6-8-20(32)17-31)29-26(34)27(12-4-1-5-13-27)30-25(33)24-15-18-7-2-3-9-23(18)35-24/h2-3,7,9-11,15-16H,1,4-6,8,12-14,17H2,(H,29,34)(H,30,33). The summed E-state index contributed by atoms with van der Waals surface area (Å²) in [6.07, 6.45) is 5.37. The number of fused-ring (bicyclic) bond motifs is 1. The van der Waals surface area contributed by atoms with Gasteiger partial charge in [0.15, 0.2) is 11.5 Å². The molecular formula is C27H28BrN3O4. The quantitative estimate of drug-likeness (QED) is 0.452. The van der Waals surface area contributed by atoms with E-state index in [4.69, 9.17) is 4.42 Å². The van der Waals surface area contributed by atoms with Gasteiger partial charge in [0.05, 0.1) is 12.2 Å². The predicted molar refractivity (Wildman–Crippen MR) is 139 cm³/mol. The van der Waals surface area contributed by atoms with Crippen molar-refractivity contribution in [3.05, 3.63) is 58.8 Å². The number of ketones is 1. The Morgan fingerprint density at radius 3 is 2.54 bits per heavy atom. The summed E-state index contributed by atoms with van der Waals surface area (Å²) in [6.45, 7) is 1.23. The monoisotopic (exact) mass is 537 g/mol. The highest BCUT2D eigenvalue weighted by atomic mass is 79.9. The molecule has 3 aromatic rings. The zero-order valence-corrected chi connectivity index (χ0v) is 21.0. The Morgan fingerprint density at radius 2 is 1.80 bits per heavy atom. The molecule has 5 rings (SSSR count). The topological polar surface area (TPSA) is 91.7 Å². The van der Waals surface area contributed by atoms with Crippen LogP contribution in [0.1, 0.15) is 55.5 Å². The van der Waals surface area contributed by atoms with Gasteiger partial charge in [-0.3, -0.25) is 14.4 Å². The van der Waals surface area contributed by atoms with Crippen LogP contribution >= 0.6 is 15.9 Å². The van der Waals surface area contributed by atoms with Gasteiger partial charge in [-0.25, -0.2) is 0 Å². The lowest BCUT2D eigenvalue weighted by atomic mass is 9.80. The molecule has 2 heterocycles. The van der Waals surface area contributed by atoms with Gasteiger partial charge in [0.1, 0.15) is 11.1 Å². The molecule has 2 fully saturated rings. The van der Waals surface area contributed by atoms with Crippen molar-refractivity contribution in [1.82, 2.24) is 5.32 Å². The molecule has 2 aromatic carbocycles. The summed E-state index contributed by atoms with van der Waals surface area (Å²) >= 11 is 3.60. The number of para-hydroxylation sites is 1. The number of piperidine rings is 1. The van der Waals surface area contributed by atoms with Crippen molar-refractivity contribution in [2.75, 3.05) is 23.3 Å². The number of benzene rings is 2. The SMILES string of the molecule is O=C1CCCN(c2ccc(NC(=O)C3(NC(=O)c4cc5ccccc5o4)CCCCC3)cc2Br)C1. The third-order valence-electron chi connectivity index (χ3n) is 6.94. The molecule has 2 N–H and O–H groups in total. The number of amides is 2. The highest BCUT2D eigenvalue weighted by Crippen LogP contribution is 2.33. The molecule has 1 aliphatic heterocycles. The predicted octanol–water partition coefficient (Wildman–Crippen LogP) is 5.44. The zero-order chi connectivity index (χ0) is 24.4. The van der Waals surface area contributed by atoms with Crippen molar-refractivity contribution >= 4 is 55.9 Å². The minimum absolute atomic E-state index is 0.201. The van der Waals surface area contributed by atoms with Gasteiger partial charge >= 0.3 is 0 Å². The van der Waals surface area contributed by atoms with E-state index in [1.807, 2.05) is 42.5 Å². The fraction of sp³-hybridized carbons (Fsp3) is 0.370. The van der Waals surface area contributed by atoms with E-state index in [1.54, 1.807) is 6.07 Å². The molecule has 8 heteroatoms. The Bertz CT molecular complexity index is 1250. The maximum atomic E-state index is 13.5. The average Bonchev–Trinajstić information content (AvgIpc) is 3.29. The average molecular weight is 538 g/mol. The number of hydrogen-bond acceptors (Lipinski definition) is 5. The Balaban J connectivity index is 1.33. The van der Waals surface area contributed by atoms with Gasteiger partial charge in [0.25, 0.3) is 5.91 Å². The van der Waals surface area contributed by atoms with Gasteiger partial charge in [-0.2, -0.15) is 0 Å².